The van der Waals surface area contributed by atoms with E-state index in [0.29, 0.717) is 12.1 Å². The van der Waals surface area contributed by atoms with E-state index < -0.39 is 0 Å². The van der Waals surface area contributed by atoms with Gasteiger partial charge in [0, 0.05) is 7.11 Å². The fourth-order valence-electron chi connectivity index (χ4n) is 1.72. The van der Waals surface area contributed by atoms with Crippen molar-refractivity contribution in [2.24, 2.45) is 0 Å². The van der Waals surface area contributed by atoms with Gasteiger partial charge in [0.2, 0.25) is 0 Å². The molecule has 0 spiro atoms. The molecule has 1 aliphatic rings. The van der Waals surface area contributed by atoms with E-state index in [0.717, 1.165) is 0 Å². The molecule has 12 heavy (non-hydrogen) atoms. The van der Waals surface area contributed by atoms with Crippen LogP contribution in [0.2, 0.25) is 0 Å². The Bertz CT molecular complexity index is 111. The zero-order chi connectivity index (χ0) is 8.27. The normalized spacial score (nSPS) is 30.0. The van der Waals surface area contributed by atoms with Crippen LogP contribution in [0.5, 0.6) is 0 Å². The van der Waals surface area contributed by atoms with E-state index in [9.17, 15) is 0 Å². The van der Waals surface area contributed by atoms with E-state index in [2.05, 4.69) is 19.0 Å². The summed E-state index contributed by atoms with van der Waals surface area (Å²) in [7, 11) is 7.76. The average molecular weight is 195 g/mol. The Labute approximate surface area is 118 Å². The second-order valence-corrected chi connectivity index (χ2v) is 3.42. The third kappa shape index (κ3) is 4.18. The summed E-state index contributed by atoms with van der Waals surface area (Å²) < 4.78 is 5.28. The molecule has 0 aromatic heterocycles. The summed E-state index contributed by atoms with van der Waals surface area (Å²) in [6.45, 7) is 0. The molecule has 0 N–H and O–H groups in total. The fourth-order valence-corrected chi connectivity index (χ4v) is 1.72. The zero-order valence-corrected chi connectivity index (χ0v) is 11.7. The van der Waals surface area contributed by atoms with Crippen LogP contribution in [-0.2, 0) is 4.74 Å². The quantitative estimate of drug-likeness (QED) is 0.400. The first-order valence-electron chi connectivity index (χ1n) is 4.30. The minimum Gasteiger partial charge on any atom is -0.459 e. The first kappa shape index (κ1) is 13.6. The Morgan fingerprint density at radius 1 is 1.25 bits per heavy atom. The van der Waals surface area contributed by atoms with Crippen LogP contribution in [0.15, 0.2) is 0 Å². The van der Waals surface area contributed by atoms with Crippen molar-refractivity contribution in [1.29, 1.82) is 0 Å². The van der Waals surface area contributed by atoms with Gasteiger partial charge in [-0.05, 0) is 38.8 Å². The van der Waals surface area contributed by atoms with Crippen molar-refractivity contribution in [2.45, 2.75) is 37.8 Å². The van der Waals surface area contributed by atoms with Crippen LogP contribution in [0.4, 0.5) is 0 Å². The van der Waals surface area contributed by atoms with Gasteiger partial charge in [0.15, 0.2) is 0 Å². The molecule has 1 aliphatic carbocycles. The molecule has 0 aromatic carbocycles. The van der Waals surface area contributed by atoms with E-state index in [1.54, 1.807) is 7.11 Å². The van der Waals surface area contributed by atoms with Crippen LogP contribution in [0, 0.1) is 7.05 Å². The van der Waals surface area contributed by atoms with Crippen LogP contribution < -0.4 is 51.4 Å². The van der Waals surface area contributed by atoms with E-state index in [-0.39, 0.29) is 51.4 Å². The van der Waals surface area contributed by atoms with Crippen molar-refractivity contribution in [2.75, 3.05) is 14.2 Å². The molecule has 3 heteroatoms. The maximum absolute atomic E-state index is 5.28. The van der Waals surface area contributed by atoms with Crippen LogP contribution in [-0.4, -0.2) is 31.2 Å². The summed E-state index contributed by atoms with van der Waals surface area (Å²) in [6.07, 6.45) is 5.37. The van der Waals surface area contributed by atoms with Gasteiger partial charge < -0.3 is 9.64 Å². The Morgan fingerprint density at radius 2 is 1.75 bits per heavy atom. The standard InChI is InChI=1S/C9H18NO.K/c1-10(2)8-4-6-9(11-3)7-5-8;/h8-9H,1,4-7H2,2-3H3;/q-1;+1. The predicted octanol–water partition coefficient (Wildman–Crippen LogP) is -1.33. The summed E-state index contributed by atoms with van der Waals surface area (Å²) in [4.78, 5) is 2.08. The minimum atomic E-state index is 0. The fraction of sp³-hybridized carbons (Fsp3) is 0.889. The molecule has 2 nitrogen and oxygen atoms in total. The van der Waals surface area contributed by atoms with Gasteiger partial charge in [0.1, 0.15) is 0 Å². The van der Waals surface area contributed by atoms with Gasteiger partial charge in [-0.2, -0.15) is 0 Å². The average Bonchev–Trinajstić information content (AvgIpc) is 2.05. The van der Waals surface area contributed by atoms with Gasteiger partial charge in [-0.15, -0.1) is 0 Å². The van der Waals surface area contributed by atoms with Gasteiger partial charge in [-0.25, -0.2) is 0 Å². The molecule has 0 amide bonds. The summed E-state index contributed by atoms with van der Waals surface area (Å²) >= 11 is 0. The molecule has 0 heterocycles. The third-order valence-corrected chi connectivity index (χ3v) is 2.60. The topological polar surface area (TPSA) is 12.5 Å². The monoisotopic (exact) mass is 195 g/mol. The molecule has 1 saturated carbocycles. The number of methoxy groups -OCH3 is 1. The molecular weight excluding hydrogens is 177 g/mol. The number of rotatable bonds is 2. The molecular formula is C9H18KNO. The molecule has 0 saturated heterocycles. The Morgan fingerprint density at radius 3 is 2.08 bits per heavy atom. The molecule has 1 fully saturated rings. The maximum Gasteiger partial charge on any atom is 1.00 e. The maximum atomic E-state index is 5.28. The van der Waals surface area contributed by atoms with E-state index >= 15 is 0 Å². The number of nitrogens with zero attached hydrogens (tertiary/aromatic N) is 1. The summed E-state index contributed by atoms with van der Waals surface area (Å²) in [5.74, 6) is 0. The Balaban J connectivity index is 0.00000121. The number of hydrogen-bond acceptors (Lipinski definition) is 2. The van der Waals surface area contributed by atoms with Crippen molar-refractivity contribution in [1.82, 2.24) is 4.90 Å². The summed E-state index contributed by atoms with van der Waals surface area (Å²) in [5.41, 5.74) is 0. The van der Waals surface area contributed by atoms with Crippen molar-refractivity contribution < 1.29 is 56.1 Å². The summed E-state index contributed by atoms with van der Waals surface area (Å²) in [5, 5.41) is 0. The largest absolute Gasteiger partial charge is 1.00 e. The van der Waals surface area contributed by atoms with Crippen LogP contribution >= 0.6 is 0 Å². The van der Waals surface area contributed by atoms with Crippen LogP contribution in [0.1, 0.15) is 25.7 Å². The third-order valence-electron chi connectivity index (χ3n) is 2.60. The van der Waals surface area contributed by atoms with Crippen molar-refractivity contribution >= 4 is 0 Å². The first-order valence-corrected chi connectivity index (χ1v) is 4.30. The van der Waals surface area contributed by atoms with Crippen molar-refractivity contribution in [3.05, 3.63) is 7.05 Å². The van der Waals surface area contributed by atoms with E-state index in [1.165, 1.54) is 25.7 Å². The van der Waals surface area contributed by atoms with Crippen molar-refractivity contribution in [3.63, 3.8) is 0 Å². The number of ether oxygens (including phenoxy) is 1. The zero-order valence-electron chi connectivity index (χ0n) is 8.55. The Kier molecular flexibility index (Phi) is 7.83. The molecule has 0 bridgehead atoms. The van der Waals surface area contributed by atoms with Crippen molar-refractivity contribution in [3.8, 4) is 0 Å². The molecule has 0 aromatic rings. The van der Waals surface area contributed by atoms with Crippen LogP contribution in [0.25, 0.3) is 0 Å². The predicted molar refractivity (Wildman–Crippen MR) is 46.2 cm³/mol. The van der Waals surface area contributed by atoms with Gasteiger partial charge in [0.25, 0.3) is 0 Å². The molecule has 0 unspecified atom stereocenters. The second kappa shape index (κ2) is 6.93. The molecule has 0 aliphatic heterocycles. The summed E-state index contributed by atoms with van der Waals surface area (Å²) in [6, 6.07) is 0.682. The van der Waals surface area contributed by atoms with Crippen LogP contribution in [0.3, 0.4) is 0 Å². The smallest absolute Gasteiger partial charge is 0.459 e. The Hall–Kier alpha value is 1.56. The second-order valence-electron chi connectivity index (χ2n) is 3.42. The SMILES string of the molecule is [CH2-]N(C)C1CCC(OC)CC1.[K+]. The molecule has 0 radical (unpaired) electrons. The minimum absolute atomic E-state index is 0. The van der Waals surface area contributed by atoms with E-state index in [1.807, 2.05) is 0 Å². The molecule has 1 rings (SSSR count). The number of hydrogen-bond donors (Lipinski definition) is 0. The van der Waals surface area contributed by atoms with Gasteiger partial charge >= 0.3 is 51.4 Å². The van der Waals surface area contributed by atoms with Gasteiger partial charge in [-0.1, -0.05) is 0 Å². The van der Waals surface area contributed by atoms with E-state index in [4.69, 9.17) is 4.74 Å². The molecule has 0 atom stereocenters. The molecule has 66 valence electrons. The first-order chi connectivity index (χ1) is 5.24. The van der Waals surface area contributed by atoms with Gasteiger partial charge in [-0.3, -0.25) is 7.05 Å². The van der Waals surface area contributed by atoms with Gasteiger partial charge in [0.05, 0.1) is 6.10 Å².